The van der Waals surface area contributed by atoms with Crippen LogP contribution in [-0.2, 0) is 5.41 Å². The zero-order chi connectivity index (χ0) is 15.2. The van der Waals surface area contributed by atoms with E-state index < -0.39 is 0 Å². The average Bonchev–Trinajstić information content (AvgIpc) is 2.81. The van der Waals surface area contributed by atoms with Crippen LogP contribution in [0, 0.1) is 11.8 Å². The van der Waals surface area contributed by atoms with Gasteiger partial charge in [0.2, 0.25) is 0 Å². The molecule has 0 saturated heterocycles. The van der Waals surface area contributed by atoms with Crippen LogP contribution >= 0.6 is 0 Å². The molecule has 0 heteroatoms. The Morgan fingerprint density at radius 2 is 1.50 bits per heavy atom. The van der Waals surface area contributed by atoms with Crippen LogP contribution in [0.5, 0.6) is 0 Å². The Kier molecular flexibility index (Phi) is 2.84. The lowest BCUT2D eigenvalue weighted by Gasteiger charge is -2.25. The minimum Gasteiger partial charge on any atom is -0.107 e. The van der Waals surface area contributed by atoms with Crippen LogP contribution in [0.4, 0.5) is 0 Å². The van der Waals surface area contributed by atoms with Crippen LogP contribution in [0.25, 0.3) is 21.9 Å². The van der Waals surface area contributed by atoms with E-state index in [0.29, 0.717) is 0 Å². The molecule has 1 aliphatic rings. The van der Waals surface area contributed by atoms with E-state index >= 15 is 0 Å². The fourth-order valence-corrected chi connectivity index (χ4v) is 3.72. The molecular formula is C22H18. The number of hydrogen-bond donors (Lipinski definition) is 0. The highest BCUT2D eigenvalue weighted by molar-refractivity contribution is 5.93. The van der Waals surface area contributed by atoms with Gasteiger partial charge in [-0.1, -0.05) is 55.5 Å². The first-order chi connectivity index (χ1) is 10.7. The zero-order valence-electron chi connectivity index (χ0n) is 13.0. The van der Waals surface area contributed by atoms with E-state index in [9.17, 15) is 0 Å². The third-order valence-electron chi connectivity index (χ3n) is 4.91. The Morgan fingerprint density at radius 3 is 2.27 bits per heavy atom. The number of fused-ring (bicyclic) bond motifs is 4. The fourth-order valence-electron chi connectivity index (χ4n) is 3.72. The highest BCUT2D eigenvalue weighted by atomic mass is 14.4. The van der Waals surface area contributed by atoms with Crippen LogP contribution in [0.2, 0.25) is 0 Å². The van der Waals surface area contributed by atoms with Crippen LogP contribution < -0.4 is 0 Å². The first-order valence-electron chi connectivity index (χ1n) is 7.77. The van der Waals surface area contributed by atoms with E-state index in [-0.39, 0.29) is 5.41 Å². The van der Waals surface area contributed by atoms with Crippen molar-refractivity contribution in [2.45, 2.75) is 25.7 Å². The van der Waals surface area contributed by atoms with E-state index in [2.05, 4.69) is 79.4 Å². The summed E-state index contributed by atoms with van der Waals surface area (Å²) in [5, 5.41) is 2.62. The molecule has 1 unspecified atom stereocenters. The highest BCUT2D eigenvalue weighted by Crippen LogP contribution is 2.51. The third kappa shape index (κ3) is 1.72. The van der Waals surface area contributed by atoms with Gasteiger partial charge in [-0.25, -0.2) is 0 Å². The summed E-state index contributed by atoms with van der Waals surface area (Å²) in [6.07, 6.45) is 0.867. The molecule has 0 spiro atoms. The summed E-state index contributed by atoms with van der Waals surface area (Å²) >= 11 is 0. The summed E-state index contributed by atoms with van der Waals surface area (Å²) in [6.45, 7) is 4.25. The molecule has 4 rings (SSSR count). The predicted octanol–water partition coefficient (Wildman–Crippen LogP) is 5.54. The second kappa shape index (κ2) is 4.75. The maximum Gasteiger partial charge on any atom is 0.0296 e. The molecular weight excluding hydrogens is 264 g/mol. The van der Waals surface area contributed by atoms with E-state index in [1.165, 1.54) is 33.0 Å². The first-order valence-corrected chi connectivity index (χ1v) is 7.77. The largest absolute Gasteiger partial charge is 0.107 e. The first kappa shape index (κ1) is 13.2. The second-order valence-electron chi connectivity index (χ2n) is 6.23. The molecule has 0 N–H and O–H groups in total. The quantitative estimate of drug-likeness (QED) is 0.514. The van der Waals surface area contributed by atoms with Gasteiger partial charge >= 0.3 is 0 Å². The van der Waals surface area contributed by atoms with Crippen LogP contribution in [0.15, 0.2) is 60.7 Å². The minimum atomic E-state index is -0.0149. The maximum absolute atomic E-state index is 3.31. The molecule has 0 aliphatic heterocycles. The molecule has 0 bridgehead atoms. The summed E-state index contributed by atoms with van der Waals surface area (Å²) in [6, 6.07) is 22.1. The van der Waals surface area contributed by atoms with Gasteiger partial charge in [0.05, 0.1) is 0 Å². The molecule has 0 amide bonds. The lowest BCUT2D eigenvalue weighted by Crippen LogP contribution is -2.19. The molecule has 0 fully saturated rings. The Labute approximate surface area is 131 Å². The summed E-state index contributed by atoms with van der Waals surface area (Å²) in [7, 11) is 0. The van der Waals surface area contributed by atoms with Gasteiger partial charge in [0.1, 0.15) is 0 Å². The molecule has 106 valence electrons. The zero-order valence-corrected chi connectivity index (χ0v) is 13.0. The van der Waals surface area contributed by atoms with Crippen molar-refractivity contribution in [3.63, 3.8) is 0 Å². The number of hydrogen-bond acceptors (Lipinski definition) is 0. The van der Waals surface area contributed by atoms with Crippen molar-refractivity contribution in [1.29, 1.82) is 0 Å². The van der Waals surface area contributed by atoms with Gasteiger partial charge in [-0.3, -0.25) is 0 Å². The van der Waals surface area contributed by atoms with Gasteiger partial charge in [-0.2, -0.15) is 0 Å². The maximum atomic E-state index is 3.31. The van der Waals surface area contributed by atoms with Gasteiger partial charge in [0, 0.05) is 11.8 Å². The summed E-state index contributed by atoms with van der Waals surface area (Å²) < 4.78 is 0. The lowest BCUT2D eigenvalue weighted by molar-refractivity contribution is 0.607. The van der Waals surface area contributed by atoms with Crippen molar-refractivity contribution in [3.8, 4) is 23.0 Å². The van der Waals surface area contributed by atoms with Crippen molar-refractivity contribution >= 4 is 10.8 Å². The number of benzene rings is 3. The Balaban J connectivity index is 2.07. The highest BCUT2D eigenvalue weighted by Gasteiger charge is 2.38. The smallest absolute Gasteiger partial charge is 0.0296 e. The Hall–Kier alpha value is -2.52. The monoisotopic (exact) mass is 282 g/mol. The van der Waals surface area contributed by atoms with Crippen LogP contribution in [-0.4, -0.2) is 0 Å². The Bertz CT molecular complexity index is 937. The Morgan fingerprint density at radius 1 is 0.818 bits per heavy atom. The van der Waals surface area contributed by atoms with Crippen molar-refractivity contribution in [3.05, 3.63) is 71.8 Å². The van der Waals surface area contributed by atoms with E-state index in [4.69, 9.17) is 0 Å². The van der Waals surface area contributed by atoms with E-state index in [1.54, 1.807) is 0 Å². The molecule has 3 aromatic carbocycles. The SMILES string of the molecule is CC#CCC1(C)c2ccccc2-c2cc3ccccc3cc21. The van der Waals surface area contributed by atoms with Gasteiger partial charge in [-0.05, 0) is 52.1 Å². The van der Waals surface area contributed by atoms with Crippen molar-refractivity contribution in [2.75, 3.05) is 0 Å². The van der Waals surface area contributed by atoms with Gasteiger partial charge < -0.3 is 0 Å². The van der Waals surface area contributed by atoms with Crippen molar-refractivity contribution < 1.29 is 0 Å². The number of rotatable bonds is 1. The van der Waals surface area contributed by atoms with Gasteiger partial charge in [0.15, 0.2) is 0 Å². The molecule has 1 aliphatic carbocycles. The summed E-state index contributed by atoms with van der Waals surface area (Å²) in [5.41, 5.74) is 5.54. The lowest BCUT2D eigenvalue weighted by atomic mass is 9.77. The fraction of sp³-hybridized carbons (Fsp3) is 0.182. The predicted molar refractivity (Wildman–Crippen MR) is 93.9 cm³/mol. The molecule has 0 heterocycles. The summed E-state index contributed by atoms with van der Waals surface area (Å²) in [4.78, 5) is 0. The van der Waals surface area contributed by atoms with Crippen molar-refractivity contribution in [2.24, 2.45) is 0 Å². The molecule has 0 aromatic heterocycles. The van der Waals surface area contributed by atoms with Crippen molar-refractivity contribution in [1.82, 2.24) is 0 Å². The molecule has 1 atom stereocenters. The molecule has 3 aromatic rings. The van der Waals surface area contributed by atoms with E-state index in [1.807, 2.05) is 6.92 Å². The molecule has 0 radical (unpaired) electrons. The average molecular weight is 282 g/mol. The van der Waals surface area contributed by atoms with Crippen LogP contribution in [0.3, 0.4) is 0 Å². The third-order valence-corrected chi connectivity index (χ3v) is 4.91. The molecule has 22 heavy (non-hydrogen) atoms. The van der Waals surface area contributed by atoms with Gasteiger partial charge in [0.25, 0.3) is 0 Å². The topological polar surface area (TPSA) is 0 Å². The molecule has 0 nitrogen and oxygen atoms in total. The van der Waals surface area contributed by atoms with E-state index in [0.717, 1.165) is 6.42 Å². The standard InChI is InChI=1S/C22H18/c1-3-4-13-22(2)20-12-8-7-11-18(20)19-14-16-9-5-6-10-17(16)15-21(19)22/h5-12,14-15H,13H2,1-2H3. The molecule has 0 saturated carbocycles. The minimum absolute atomic E-state index is 0.0149. The second-order valence-corrected chi connectivity index (χ2v) is 6.23. The summed E-state index contributed by atoms with van der Waals surface area (Å²) in [5.74, 6) is 6.38. The van der Waals surface area contributed by atoms with Gasteiger partial charge in [-0.15, -0.1) is 11.8 Å². The van der Waals surface area contributed by atoms with Crippen LogP contribution in [0.1, 0.15) is 31.4 Å². The normalized spacial score (nSPS) is 18.5.